The monoisotopic (exact) mass is 676 g/mol. The van der Waals surface area contributed by atoms with Gasteiger partial charge < -0.3 is 14.4 Å². The summed E-state index contributed by atoms with van der Waals surface area (Å²) >= 11 is 6.79. The van der Waals surface area contributed by atoms with Crippen LogP contribution in [-0.4, -0.2) is 105 Å². The zero-order valence-electron chi connectivity index (χ0n) is 29.2. The van der Waals surface area contributed by atoms with Gasteiger partial charge in [0.25, 0.3) is 5.91 Å². The summed E-state index contributed by atoms with van der Waals surface area (Å²) in [5.41, 5.74) is 2.90. The second-order valence-corrected chi connectivity index (χ2v) is 16.2. The van der Waals surface area contributed by atoms with E-state index >= 15 is 0 Å². The van der Waals surface area contributed by atoms with Crippen LogP contribution in [0.5, 0.6) is 0 Å². The third-order valence-electron chi connectivity index (χ3n) is 12.0. The molecule has 3 saturated heterocycles. The van der Waals surface area contributed by atoms with Gasteiger partial charge in [0.2, 0.25) is 5.91 Å². The molecule has 1 unspecified atom stereocenters. The number of amides is 2. The lowest BCUT2D eigenvalue weighted by atomic mass is 9.70. The highest BCUT2D eigenvalue weighted by Crippen LogP contribution is 2.44. The maximum atomic E-state index is 14.5. The minimum atomic E-state index is -0.442. The molecular weight excluding hydrogens is 627 g/mol. The number of rotatable bonds is 9. The van der Waals surface area contributed by atoms with Crippen LogP contribution in [0.15, 0.2) is 36.8 Å². The second-order valence-electron chi connectivity index (χ2n) is 15.8. The first-order chi connectivity index (χ1) is 22.9. The van der Waals surface area contributed by atoms with E-state index in [1.54, 1.807) is 37.3 Å². The summed E-state index contributed by atoms with van der Waals surface area (Å²) in [6, 6.07) is 5.67. The number of halogens is 2. The fraction of sp³-hybridized carbons (Fsp3) is 0.605. The quantitative estimate of drug-likeness (QED) is 0.279. The molecule has 0 spiro atoms. The first-order valence-corrected chi connectivity index (χ1v) is 18.2. The van der Waals surface area contributed by atoms with Crippen molar-refractivity contribution in [3.8, 4) is 5.69 Å². The molecule has 3 aliphatic heterocycles. The lowest BCUT2D eigenvalue weighted by Crippen LogP contribution is -2.60. The number of hydrogen-bond donors (Lipinski definition) is 0. The Labute approximate surface area is 289 Å². The third-order valence-corrected chi connectivity index (χ3v) is 12.3. The Balaban J connectivity index is 1.03. The molecule has 258 valence electrons. The molecule has 1 aromatic carbocycles. The van der Waals surface area contributed by atoms with Crippen molar-refractivity contribution in [3.63, 3.8) is 0 Å². The smallest absolute Gasteiger partial charge is 0.256 e. The largest absolute Gasteiger partial charge is 0.342 e. The predicted molar refractivity (Wildman–Crippen MR) is 188 cm³/mol. The Bertz CT molecular complexity index is 1680. The standard InChI is InChI=1S/C38H50ClFN6O2/c1-22(2)37(26-10-31(11-26)44-19-28-17-43(24(5)47)18-29(28)20-44)45-15-25(16-45)9-27-21-46(35-14-41-13-33(39)36(27)35)34-8-7-30(40)12-32(34)38(48)42(6)23(3)4/h7-8,12-14,21-23,25-26,28-29,31,37H,9-11,15-20H2,1-6H3/t26?,28-,29-,31?,37?/m1/s1. The highest BCUT2D eigenvalue weighted by atomic mass is 35.5. The zero-order valence-corrected chi connectivity index (χ0v) is 30.0. The molecule has 2 aromatic heterocycles. The van der Waals surface area contributed by atoms with Crippen molar-refractivity contribution in [2.24, 2.45) is 29.6 Å². The minimum absolute atomic E-state index is 0.0243. The number of pyridine rings is 1. The topological polar surface area (TPSA) is 64.9 Å². The summed E-state index contributed by atoms with van der Waals surface area (Å²) in [5, 5.41) is 1.54. The Hall–Kier alpha value is -3.01. The highest BCUT2D eigenvalue weighted by Gasteiger charge is 2.49. The van der Waals surface area contributed by atoms with E-state index < -0.39 is 5.82 Å². The van der Waals surface area contributed by atoms with E-state index in [9.17, 15) is 14.0 Å². The van der Waals surface area contributed by atoms with Crippen molar-refractivity contribution in [1.82, 2.24) is 29.2 Å². The molecule has 4 aliphatic rings. The van der Waals surface area contributed by atoms with Gasteiger partial charge in [0.15, 0.2) is 0 Å². The van der Waals surface area contributed by atoms with Gasteiger partial charge in [-0.05, 0) is 86.5 Å². The van der Waals surface area contributed by atoms with E-state index in [0.717, 1.165) is 68.1 Å². The summed E-state index contributed by atoms with van der Waals surface area (Å²) in [5.74, 6) is 2.69. The van der Waals surface area contributed by atoms with Crippen LogP contribution in [0, 0.1) is 35.4 Å². The van der Waals surface area contributed by atoms with E-state index in [1.165, 1.54) is 25.0 Å². The van der Waals surface area contributed by atoms with Crippen molar-refractivity contribution >= 4 is 34.3 Å². The summed E-state index contributed by atoms with van der Waals surface area (Å²) < 4.78 is 16.5. The van der Waals surface area contributed by atoms with Crippen molar-refractivity contribution in [1.29, 1.82) is 0 Å². The SMILES string of the molecule is CC(=O)N1C[C@@H]2CN(C3CC(C(C(C)C)N4CC(Cc5cn(-c6ccc(F)cc6C(=O)N(C)C(C)C)c6cncc(Cl)c56)C4)C3)C[C@H]2C1. The molecule has 5 heterocycles. The Kier molecular flexibility index (Phi) is 9.09. The van der Waals surface area contributed by atoms with E-state index in [0.29, 0.717) is 52.0 Å². The first-order valence-electron chi connectivity index (χ1n) is 17.8. The minimum Gasteiger partial charge on any atom is -0.342 e. The van der Waals surface area contributed by atoms with Crippen molar-refractivity contribution in [3.05, 3.63) is 58.8 Å². The van der Waals surface area contributed by atoms with E-state index in [4.69, 9.17) is 11.6 Å². The number of benzene rings is 1. The van der Waals surface area contributed by atoms with Crippen LogP contribution in [-0.2, 0) is 11.2 Å². The fourth-order valence-electron chi connectivity index (χ4n) is 9.23. The van der Waals surface area contributed by atoms with Gasteiger partial charge in [-0.1, -0.05) is 25.4 Å². The van der Waals surface area contributed by atoms with Gasteiger partial charge in [0.1, 0.15) is 5.82 Å². The van der Waals surface area contributed by atoms with Crippen LogP contribution in [0.4, 0.5) is 4.39 Å². The Morgan fingerprint density at radius 3 is 2.33 bits per heavy atom. The molecule has 2 amide bonds. The lowest BCUT2D eigenvalue weighted by Gasteiger charge is -2.54. The van der Waals surface area contributed by atoms with Gasteiger partial charge in [-0.15, -0.1) is 0 Å². The van der Waals surface area contributed by atoms with Crippen LogP contribution in [0.2, 0.25) is 5.02 Å². The number of hydrogen-bond acceptors (Lipinski definition) is 5. The molecule has 3 atom stereocenters. The van der Waals surface area contributed by atoms with Gasteiger partial charge in [-0.3, -0.25) is 24.4 Å². The molecular formula is C38H50ClFN6O2. The van der Waals surface area contributed by atoms with E-state index in [2.05, 4.69) is 34.8 Å². The Morgan fingerprint density at radius 1 is 1.02 bits per heavy atom. The van der Waals surface area contributed by atoms with Gasteiger partial charge in [0, 0.05) is 89.1 Å². The van der Waals surface area contributed by atoms with Gasteiger partial charge in [-0.25, -0.2) is 4.39 Å². The van der Waals surface area contributed by atoms with E-state index in [-0.39, 0.29) is 17.9 Å². The molecule has 0 radical (unpaired) electrons. The van der Waals surface area contributed by atoms with Gasteiger partial charge >= 0.3 is 0 Å². The van der Waals surface area contributed by atoms with Gasteiger partial charge in [0.05, 0.1) is 28.0 Å². The zero-order chi connectivity index (χ0) is 34.0. The molecule has 48 heavy (non-hydrogen) atoms. The van der Waals surface area contributed by atoms with Crippen molar-refractivity contribution in [2.45, 2.75) is 72.0 Å². The van der Waals surface area contributed by atoms with Crippen LogP contribution in [0.1, 0.15) is 63.4 Å². The molecule has 1 aliphatic carbocycles. The van der Waals surface area contributed by atoms with Gasteiger partial charge in [-0.2, -0.15) is 0 Å². The number of fused-ring (bicyclic) bond motifs is 2. The summed E-state index contributed by atoms with van der Waals surface area (Å²) in [4.78, 5) is 38.8. The molecule has 10 heteroatoms. The van der Waals surface area contributed by atoms with Crippen molar-refractivity contribution < 1.29 is 14.0 Å². The number of carbonyl (C=O) groups is 2. The fourth-order valence-corrected chi connectivity index (χ4v) is 9.51. The number of likely N-dealkylation sites (tertiary alicyclic amines) is 3. The maximum Gasteiger partial charge on any atom is 0.256 e. The van der Waals surface area contributed by atoms with Crippen molar-refractivity contribution in [2.75, 3.05) is 46.3 Å². The lowest BCUT2D eigenvalue weighted by molar-refractivity contribution is -0.128. The Morgan fingerprint density at radius 2 is 1.71 bits per heavy atom. The van der Waals surface area contributed by atoms with E-state index in [1.807, 2.05) is 23.3 Å². The van der Waals surface area contributed by atoms with Crippen LogP contribution < -0.4 is 0 Å². The molecule has 8 nitrogen and oxygen atoms in total. The normalized spacial score (nSPS) is 25.5. The summed E-state index contributed by atoms with van der Waals surface area (Å²) in [6.07, 6.45) is 8.99. The summed E-state index contributed by atoms with van der Waals surface area (Å²) in [7, 11) is 1.75. The third kappa shape index (κ3) is 6.04. The molecule has 1 saturated carbocycles. The number of carbonyl (C=O) groups excluding carboxylic acids is 2. The maximum absolute atomic E-state index is 14.5. The highest BCUT2D eigenvalue weighted by molar-refractivity contribution is 6.35. The predicted octanol–water partition coefficient (Wildman–Crippen LogP) is 5.99. The number of aromatic nitrogens is 2. The average Bonchev–Trinajstić information content (AvgIpc) is 3.68. The second kappa shape index (κ2) is 13.0. The average molecular weight is 677 g/mol. The molecule has 7 rings (SSSR count). The van der Waals surface area contributed by atoms with Crippen LogP contribution >= 0.6 is 11.6 Å². The molecule has 4 fully saturated rings. The summed E-state index contributed by atoms with van der Waals surface area (Å²) in [6.45, 7) is 16.7. The molecule has 0 N–H and O–H groups in total. The molecule has 0 bridgehead atoms. The first kappa shape index (κ1) is 33.5. The number of nitrogens with zero attached hydrogens (tertiary/aromatic N) is 6. The molecule has 3 aromatic rings. The van der Waals surface area contributed by atoms with Crippen LogP contribution in [0.3, 0.4) is 0 Å². The van der Waals surface area contributed by atoms with Crippen LogP contribution in [0.25, 0.3) is 16.6 Å².